The topological polar surface area (TPSA) is 92.3 Å². The molecule has 4 aromatic rings. The average molecular weight is 491 g/mol. The van der Waals surface area contributed by atoms with Gasteiger partial charge in [0.1, 0.15) is 5.82 Å². The first-order valence-electron chi connectivity index (χ1n) is 11.0. The average Bonchev–Trinajstić information content (AvgIpc) is 3.38. The van der Waals surface area contributed by atoms with Crippen LogP contribution in [0.2, 0.25) is 0 Å². The number of halogens is 3. The second-order valence-electron chi connectivity index (χ2n) is 7.75. The number of rotatable bonds is 8. The van der Waals surface area contributed by atoms with Crippen LogP contribution in [0.25, 0.3) is 22.5 Å². The molecule has 0 saturated heterocycles. The standard InChI is InChI=1S/C24H24F3N7.Na.H/c1-3-7-19-20(4-2)29-23(24(25,26)27)30-21(19)28-14-15-10-12-16(13-11-15)17-8-5-6-9-18(17)22-31-33-34-32-22;;/h5-6,8-13H,3-4,7,14H2,1-2H3,(H,28,29,30)(H,31,32,33,34);;/q;+1;-1. The Kier molecular flexibility index (Phi) is 8.98. The van der Waals surface area contributed by atoms with E-state index < -0.39 is 12.0 Å². The molecular formula is C24H25F3N7Na. The van der Waals surface area contributed by atoms with Crippen LogP contribution in [0.1, 0.15) is 44.3 Å². The van der Waals surface area contributed by atoms with E-state index >= 15 is 0 Å². The van der Waals surface area contributed by atoms with E-state index in [1.807, 2.05) is 55.5 Å². The third-order valence-electron chi connectivity index (χ3n) is 5.42. The van der Waals surface area contributed by atoms with Gasteiger partial charge in [0.15, 0.2) is 0 Å². The molecule has 2 N–H and O–H groups in total. The van der Waals surface area contributed by atoms with E-state index in [0.717, 1.165) is 34.2 Å². The van der Waals surface area contributed by atoms with Gasteiger partial charge in [-0.2, -0.15) is 18.4 Å². The van der Waals surface area contributed by atoms with Gasteiger partial charge >= 0.3 is 35.7 Å². The number of aromatic amines is 1. The number of tetrazole rings is 1. The van der Waals surface area contributed by atoms with Crippen molar-refractivity contribution in [1.82, 2.24) is 30.6 Å². The molecule has 11 heteroatoms. The van der Waals surface area contributed by atoms with Gasteiger partial charge in [-0.05, 0) is 34.7 Å². The Morgan fingerprint density at radius 1 is 0.971 bits per heavy atom. The van der Waals surface area contributed by atoms with Gasteiger partial charge in [-0.3, -0.25) is 0 Å². The Labute approximate surface area is 224 Å². The fourth-order valence-corrected chi connectivity index (χ4v) is 3.80. The van der Waals surface area contributed by atoms with Gasteiger partial charge in [-0.15, -0.1) is 10.2 Å². The molecule has 35 heavy (non-hydrogen) atoms. The zero-order valence-corrected chi connectivity index (χ0v) is 21.8. The maximum absolute atomic E-state index is 13.3. The number of H-pyrrole nitrogens is 1. The van der Waals surface area contributed by atoms with Gasteiger partial charge in [0.25, 0.3) is 0 Å². The predicted octanol–water partition coefficient (Wildman–Crippen LogP) is 2.59. The molecule has 2 aromatic carbocycles. The first-order chi connectivity index (χ1) is 16.4. The smallest absolute Gasteiger partial charge is 1.00 e. The zero-order chi connectivity index (χ0) is 24.1. The summed E-state index contributed by atoms with van der Waals surface area (Å²) in [5, 5.41) is 17.3. The molecule has 0 aliphatic heterocycles. The van der Waals surface area contributed by atoms with Crippen LogP contribution in [0.4, 0.5) is 19.0 Å². The predicted molar refractivity (Wildman–Crippen MR) is 124 cm³/mol. The van der Waals surface area contributed by atoms with Gasteiger partial charge < -0.3 is 6.74 Å². The summed E-state index contributed by atoms with van der Waals surface area (Å²) in [4.78, 5) is 7.60. The van der Waals surface area contributed by atoms with Crippen LogP contribution in [0.15, 0.2) is 48.5 Å². The van der Waals surface area contributed by atoms with Crippen LogP contribution in [0.3, 0.4) is 0 Å². The Morgan fingerprint density at radius 2 is 1.69 bits per heavy atom. The molecule has 178 valence electrons. The van der Waals surface area contributed by atoms with Crippen molar-refractivity contribution >= 4 is 5.82 Å². The Hall–Kier alpha value is -2.82. The Bertz CT molecular complexity index is 1250. The van der Waals surface area contributed by atoms with Crippen LogP contribution in [0, 0.1) is 0 Å². The van der Waals surface area contributed by atoms with Crippen molar-refractivity contribution in [2.45, 2.75) is 45.8 Å². The molecule has 2 heterocycles. The molecule has 0 atom stereocenters. The van der Waals surface area contributed by atoms with E-state index in [1.54, 1.807) is 6.92 Å². The van der Waals surface area contributed by atoms with Crippen molar-refractivity contribution in [3.05, 3.63) is 71.2 Å². The molecule has 0 aliphatic carbocycles. The normalized spacial score (nSPS) is 11.2. The number of aryl methyl sites for hydroxylation is 1. The van der Waals surface area contributed by atoms with E-state index in [9.17, 15) is 13.2 Å². The third kappa shape index (κ3) is 6.25. The Balaban J connectivity index is 0.00000228. The summed E-state index contributed by atoms with van der Waals surface area (Å²) in [6.45, 7) is 4.11. The van der Waals surface area contributed by atoms with Gasteiger partial charge in [0.2, 0.25) is 11.6 Å². The maximum Gasteiger partial charge on any atom is 1.00 e. The molecule has 0 amide bonds. The van der Waals surface area contributed by atoms with Gasteiger partial charge in [-0.25, -0.2) is 9.97 Å². The van der Waals surface area contributed by atoms with Crippen molar-refractivity contribution in [2.24, 2.45) is 0 Å². The van der Waals surface area contributed by atoms with Crippen LogP contribution in [-0.4, -0.2) is 30.6 Å². The number of aromatic nitrogens is 6. The quantitative estimate of drug-likeness (QED) is 0.368. The van der Waals surface area contributed by atoms with Gasteiger partial charge in [0, 0.05) is 23.4 Å². The number of alkyl halides is 3. The first-order valence-corrected chi connectivity index (χ1v) is 11.0. The summed E-state index contributed by atoms with van der Waals surface area (Å²) in [6.07, 6.45) is -2.80. The minimum absolute atomic E-state index is 0. The molecule has 0 bridgehead atoms. The minimum Gasteiger partial charge on any atom is -1.00 e. The van der Waals surface area contributed by atoms with Crippen LogP contribution in [-0.2, 0) is 25.6 Å². The molecule has 0 aliphatic rings. The van der Waals surface area contributed by atoms with E-state index in [0.29, 0.717) is 30.9 Å². The van der Waals surface area contributed by atoms with Crippen molar-refractivity contribution in [3.8, 4) is 22.5 Å². The number of nitrogens with zero attached hydrogens (tertiary/aromatic N) is 5. The van der Waals surface area contributed by atoms with E-state index in [4.69, 9.17) is 0 Å². The summed E-state index contributed by atoms with van der Waals surface area (Å²) in [7, 11) is 0. The van der Waals surface area contributed by atoms with Crippen LogP contribution >= 0.6 is 0 Å². The van der Waals surface area contributed by atoms with Crippen LogP contribution in [0.5, 0.6) is 0 Å². The minimum atomic E-state index is -4.60. The number of hydrogen-bond acceptors (Lipinski definition) is 6. The molecule has 0 radical (unpaired) electrons. The number of nitrogens with one attached hydrogen (secondary N) is 2. The number of hydrogen-bond donors (Lipinski definition) is 2. The molecular weight excluding hydrogens is 466 g/mol. The van der Waals surface area contributed by atoms with Crippen molar-refractivity contribution < 1.29 is 44.2 Å². The third-order valence-corrected chi connectivity index (χ3v) is 5.42. The monoisotopic (exact) mass is 491 g/mol. The molecule has 0 spiro atoms. The zero-order valence-electron chi connectivity index (χ0n) is 20.8. The van der Waals surface area contributed by atoms with Crippen molar-refractivity contribution in [1.29, 1.82) is 0 Å². The SMILES string of the molecule is CCCc1c(CC)nc(C(F)(F)F)nc1NCc1ccc(-c2ccccc2-c2nn[nH]n2)cc1.[H-].[Na+]. The second kappa shape index (κ2) is 11.7. The molecule has 0 saturated carbocycles. The molecule has 4 rings (SSSR count). The van der Waals surface area contributed by atoms with E-state index in [-0.39, 0.29) is 36.8 Å². The van der Waals surface area contributed by atoms with Gasteiger partial charge in [0.05, 0.1) is 0 Å². The summed E-state index contributed by atoms with van der Waals surface area (Å²) in [5.74, 6) is -0.367. The first kappa shape index (κ1) is 26.8. The fourth-order valence-electron chi connectivity index (χ4n) is 3.80. The Morgan fingerprint density at radius 3 is 2.29 bits per heavy atom. The summed E-state index contributed by atoms with van der Waals surface area (Å²) < 4.78 is 40.0. The number of anilines is 1. The summed E-state index contributed by atoms with van der Waals surface area (Å²) in [6, 6.07) is 15.5. The molecule has 7 nitrogen and oxygen atoms in total. The largest absolute Gasteiger partial charge is 1.00 e. The molecule has 0 unspecified atom stereocenters. The van der Waals surface area contributed by atoms with Crippen LogP contribution < -0.4 is 34.9 Å². The summed E-state index contributed by atoms with van der Waals surface area (Å²) in [5.41, 5.74) is 4.84. The van der Waals surface area contributed by atoms with E-state index in [1.165, 1.54) is 0 Å². The van der Waals surface area contributed by atoms with Crippen molar-refractivity contribution in [3.63, 3.8) is 0 Å². The number of benzene rings is 2. The maximum atomic E-state index is 13.3. The van der Waals surface area contributed by atoms with Gasteiger partial charge in [-0.1, -0.05) is 68.8 Å². The summed E-state index contributed by atoms with van der Waals surface area (Å²) >= 11 is 0. The second-order valence-corrected chi connectivity index (χ2v) is 7.75. The van der Waals surface area contributed by atoms with E-state index in [2.05, 4.69) is 35.9 Å². The fraction of sp³-hybridized carbons (Fsp3) is 0.292. The molecule has 0 fully saturated rings. The van der Waals surface area contributed by atoms with Crippen molar-refractivity contribution in [2.75, 3.05) is 5.32 Å². The molecule has 2 aromatic heterocycles.